The molecular formula is C22H18FN3O3S. The topological polar surface area (TPSA) is 80.3 Å². The molecule has 0 saturated heterocycles. The number of nitrogens with one attached hydrogen (secondary N) is 2. The van der Waals surface area contributed by atoms with Crippen LogP contribution in [0.1, 0.15) is 22.3 Å². The number of ether oxygens (including phenoxy) is 1. The predicted octanol–water partition coefficient (Wildman–Crippen LogP) is 4.38. The lowest BCUT2D eigenvalue weighted by Gasteiger charge is -2.10. The summed E-state index contributed by atoms with van der Waals surface area (Å²) in [4.78, 5) is 29.4. The van der Waals surface area contributed by atoms with Crippen LogP contribution in [0.3, 0.4) is 0 Å². The van der Waals surface area contributed by atoms with E-state index in [1.807, 2.05) is 6.07 Å². The van der Waals surface area contributed by atoms with E-state index in [4.69, 9.17) is 4.74 Å². The van der Waals surface area contributed by atoms with Gasteiger partial charge in [-0.05, 0) is 54.1 Å². The summed E-state index contributed by atoms with van der Waals surface area (Å²) >= 11 is 1.59. The number of halogens is 1. The van der Waals surface area contributed by atoms with Gasteiger partial charge in [-0.25, -0.2) is 9.37 Å². The number of aromatic nitrogens is 1. The van der Waals surface area contributed by atoms with Crippen LogP contribution in [-0.2, 0) is 11.3 Å². The van der Waals surface area contributed by atoms with Gasteiger partial charge >= 0.3 is 0 Å². The molecule has 0 atom stereocenters. The van der Waals surface area contributed by atoms with Gasteiger partial charge in [0.05, 0.1) is 5.69 Å². The number of nitrogens with zero attached hydrogens (tertiary/aromatic N) is 1. The summed E-state index contributed by atoms with van der Waals surface area (Å²) < 4.78 is 18.6. The fraction of sp³-hybridized carbons (Fsp3) is 0.136. The Morgan fingerprint density at radius 2 is 2.00 bits per heavy atom. The third-order valence-corrected chi connectivity index (χ3v) is 5.47. The minimum atomic E-state index is -0.345. The molecule has 2 aromatic carbocycles. The average Bonchev–Trinajstić information content (AvgIpc) is 2.94. The molecule has 152 valence electrons. The third kappa shape index (κ3) is 4.96. The van der Waals surface area contributed by atoms with Crippen LogP contribution in [0.25, 0.3) is 0 Å². The number of pyridine rings is 1. The maximum atomic E-state index is 13.0. The standard InChI is InChI=1S/C22H18FN3O3S/c23-16-2-4-17(5-3-16)29-21-11-14(7-9-24-21)13-25-22(28)15-1-6-19-18(12-15)26-20(27)8-10-30-19/h1-7,9,11-12H,8,10,13H2,(H,25,28)(H,26,27). The number of thioether (sulfide) groups is 1. The fourth-order valence-electron chi connectivity index (χ4n) is 2.89. The van der Waals surface area contributed by atoms with Gasteiger partial charge < -0.3 is 15.4 Å². The number of benzene rings is 2. The van der Waals surface area contributed by atoms with Gasteiger partial charge in [0, 0.05) is 41.4 Å². The first kappa shape index (κ1) is 19.9. The quantitative estimate of drug-likeness (QED) is 0.637. The van der Waals surface area contributed by atoms with Crippen LogP contribution in [0.15, 0.2) is 65.7 Å². The average molecular weight is 423 g/mol. The first-order valence-electron chi connectivity index (χ1n) is 9.30. The summed E-state index contributed by atoms with van der Waals surface area (Å²) in [7, 11) is 0. The smallest absolute Gasteiger partial charge is 0.251 e. The zero-order valence-electron chi connectivity index (χ0n) is 15.9. The molecule has 2 amide bonds. The molecule has 3 aromatic rings. The van der Waals surface area contributed by atoms with E-state index >= 15 is 0 Å². The van der Waals surface area contributed by atoms with E-state index < -0.39 is 0 Å². The lowest BCUT2D eigenvalue weighted by atomic mass is 10.1. The van der Waals surface area contributed by atoms with Gasteiger partial charge in [0.25, 0.3) is 5.91 Å². The molecule has 6 nitrogen and oxygen atoms in total. The van der Waals surface area contributed by atoms with E-state index in [2.05, 4.69) is 15.6 Å². The molecule has 2 heterocycles. The number of anilines is 1. The first-order chi connectivity index (χ1) is 14.6. The van der Waals surface area contributed by atoms with Crippen molar-refractivity contribution in [3.63, 3.8) is 0 Å². The summed E-state index contributed by atoms with van der Waals surface area (Å²) in [6.45, 7) is 0.277. The van der Waals surface area contributed by atoms with Crippen LogP contribution >= 0.6 is 11.8 Å². The summed E-state index contributed by atoms with van der Waals surface area (Å²) in [5, 5.41) is 5.69. The molecule has 1 aliphatic heterocycles. The van der Waals surface area contributed by atoms with E-state index in [0.29, 0.717) is 29.3 Å². The second-order valence-corrected chi connectivity index (χ2v) is 7.74. The molecule has 1 aliphatic rings. The Balaban J connectivity index is 1.40. The maximum Gasteiger partial charge on any atom is 0.251 e. The van der Waals surface area contributed by atoms with Crippen LogP contribution in [0.4, 0.5) is 10.1 Å². The lowest BCUT2D eigenvalue weighted by Crippen LogP contribution is -2.23. The molecule has 2 N–H and O–H groups in total. The SMILES string of the molecule is O=C1CCSc2ccc(C(=O)NCc3ccnc(Oc4ccc(F)cc4)c3)cc2N1. The zero-order chi connectivity index (χ0) is 20.9. The van der Waals surface area contributed by atoms with Crippen LogP contribution < -0.4 is 15.4 Å². The number of fused-ring (bicyclic) bond motifs is 1. The maximum absolute atomic E-state index is 13.0. The number of carbonyl (C=O) groups excluding carboxylic acids is 2. The van der Waals surface area contributed by atoms with Crippen molar-refractivity contribution in [1.82, 2.24) is 10.3 Å². The van der Waals surface area contributed by atoms with Crippen LogP contribution in [0.5, 0.6) is 11.6 Å². The van der Waals surface area contributed by atoms with Crippen molar-refractivity contribution in [2.75, 3.05) is 11.1 Å². The van der Waals surface area contributed by atoms with Crippen molar-refractivity contribution >= 4 is 29.3 Å². The van der Waals surface area contributed by atoms with Gasteiger partial charge in [-0.2, -0.15) is 0 Å². The minimum Gasteiger partial charge on any atom is -0.439 e. The van der Waals surface area contributed by atoms with Crippen LogP contribution in [-0.4, -0.2) is 22.6 Å². The largest absolute Gasteiger partial charge is 0.439 e. The van der Waals surface area contributed by atoms with E-state index in [-0.39, 0.29) is 24.2 Å². The van der Waals surface area contributed by atoms with E-state index in [9.17, 15) is 14.0 Å². The summed E-state index contributed by atoms with van der Waals surface area (Å²) in [5.41, 5.74) is 1.93. The minimum absolute atomic E-state index is 0.0516. The monoisotopic (exact) mass is 423 g/mol. The number of rotatable bonds is 5. The van der Waals surface area contributed by atoms with E-state index in [1.54, 1.807) is 42.2 Å². The van der Waals surface area contributed by atoms with E-state index in [1.165, 1.54) is 24.3 Å². The molecule has 30 heavy (non-hydrogen) atoms. The van der Waals surface area contributed by atoms with Crippen molar-refractivity contribution in [1.29, 1.82) is 0 Å². The van der Waals surface area contributed by atoms with Crippen molar-refractivity contribution < 1.29 is 18.7 Å². The normalized spacial score (nSPS) is 13.0. The highest BCUT2D eigenvalue weighted by molar-refractivity contribution is 7.99. The molecule has 0 spiro atoms. The van der Waals surface area contributed by atoms with Crippen LogP contribution in [0.2, 0.25) is 0 Å². The van der Waals surface area contributed by atoms with Crippen molar-refractivity contribution in [3.8, 4) is 11.6 Å². The molecule has 0 saturated carbocycles. The molecular weight excluding hydrogens is 405 g/mol. The zero-order valence-corrected chi connectivity index (χ0v) is 16.7. The second kappa shape index (κ2) is 8.96. The summed E-state index contributed by atoms with van der Waals surface area (Å²) in [5.74, 6) is 0.883. The summed E-state index contributed by atoms with van der Waals surface area (Å²) in [6.07, 6.45) is 2.03. The molecule has 8 heteroatoms. The number of amides is 2. The van der Waals surface area contributed by atoms with Gasteiger partial charge in [0.15, 0.2) is 0 Å². The highest BCUT2D eigenvalue weighted by Crippen LogP contribution is 2.31. The Morgan fingerprint density at radius 3 is 2.83 bits per heavy atom. The van der Waals surface area contributed by atoms with Gasteiger partial charge in [0.1, 0.15) is 11.6 Å². The molecule has 0 bridgehead atoms. The van der Waals surface area contributed by atoms with E-state index in [0.717, 1.165) is 16.2 Å². The molecule has 1 aromatic heterocycles. The first-order valence-corrected chi connectivity index (χ1v) is 10.3. The highest BCUT2D eigenvalue weighted by atomic mass is 32.2. The Kier molecular flexibility index (Phi) is 5.94. The van der Waals surface area contributed by atoms with Crippen molar-refractivity contribution in [2.45, 2.75) is 17.9 Å². The number of hydrogen-bond donors (Lipinski definition) is 2. The third-order valence-electron chi connectivity index (χ3n) is 4.39. The molecule has 0 radical (unpaired) electrons. The summed E-state index contributed by atoms with van der Waals surface area (Å²) in [6, 6.07) is 14.4. The predicted molar refractivity (Wildman–Crippen MR) is 112 cm³/mol. The van der Waals surface area contributed by atoms with Crippen molar-refractivity contribution in [3.05, 3.63) is 77.7 Å². The van der Waals surface area contributed by atoms with Gasteiger partial charge in [0.2, 0.25) is 11.8 Å². The highest BCUT2D eigenvalue weighted by Gasteiger charge is 2.15. The van der Waals surface area contributed by atoms with Crippen LogP contribution in [0, 0.1) is 5.82 Å². The number of carbonyl (C=O) groups is 2. The molecule has 0 aliphatic carbocycles. The molecule has 0 fully saturated rings. The van der Waals surface area contributed by atoms with Gasteiger partial charge in [-0.3, -0.25) is 9.59 Å². The van der Waals surface area contributed by atoms with Gasteiger partial charge in [-0.15, -0.1) is 11.8 Å². The molecule has 4 rings (SSSR count). The Labute approximate surface area is 176 Å². The Hall–Kier alpha value is -3.39. The Bertz CT molecular complexity index is 1090. The van der Waals surface area contributed by atoms with Gasteiger partial charge in [-0.1, -0.05) is 0 Å². The number of hydrogen-bond acceptors (Lipinski definition) is 5. The lowest BCUT2D eigenvalue weighted by molar-refractivity contribution is -0.115. The fourth-order valence-corrected chi connectivity index (χ4v) is 3.82. The van der Waals surface area contributed by atoms with Crippen molar-refractivity contribution in [2.24, 2.45) is 0 Å². The molecule has 0 unspecified atom stereocenters. The Morgan fingerprint density at radius 1 is 1.17 bits per heavy atom. The second-order valence-electron chi connectivity index (χ2n) is 6.60.